The van der Waals surface area contributed by atoms with E-state index >= 15 is 0 Å². The van der Waals surface area contributed by atoms with Crippen LogP contribution < -0.4 is 0 Å². The number of carboxylic acids is 1. The highest BCUT2D eigenvalue weighted by Crippen LogP contribution is 2.24. The molecule has 0 aliphatic carbocycles. The van der Waals surface area contributed by atoms with Gasteiger partial charge in [0.05, 0.1) is 11.5 Å². The average molecular weight is 276 g/mol. The normalized spacial score (nSPS) is 13.3. The molecule has 0 saturated carbocycles. The van der Waals surface area contributed by atoms with Crippen LogP contribution in [-0.4, -0.2) is 42.7 Å². The summed E-state index contributed by atoms with van der Waals surface area (Å²) in [6, 6.07) is 5.86. The molecular formula is C10H12O5S2. The van der Waals surface area contributed by atoms with Crippen molar-refractivity contribution in [3.63, 3.8) is 0 Å². The number of hydrogen-bond donors (Lipinski definition) is 2. The van der Waals surface area contributed by atoms with Crippen LogP contribution in [-0.2, 0) is 14.6 Å². The molecular weight excluding hydrogens is 264 g/mol. The van der Waals surface area contributed by atoms with Gasteiger partial charge < -0.3 is 10.2 Å². The molecule has 0 spiro atoms. The van der Waals surface area contributed by atoms with Crippen LogP contribution in [0.4, 0.5) is 0 Å². The largest absolute Gasteiger partial charge is 0.480 e. The number of hydrogen-bond acceptors (Lipinski definition) is 5. The zero-order valence-corrected chi connectivity index (χ0v) is 10.7. The Hall–Kier alpha value is -1.05. The van der Waals surface area contributed by atoms with E-state index in [1.165, 1.54) is 24.3 Å². The number of carboxylic acid groups (broad SMARTS) is 1. The lowest BCUT2D eigenvalue weighted by atomic mass is 10.4. The maximum absolute atomic E-state index is 11.2. The van der Waals surface area contributed by atoms with Crippen LogP contribution in [0.2, 0.25) is 0 Å². The monoisotopic (exact) mass is 276 g/mol. The molecule has 7 heteroatoms. The maximum Gasteiger partial charge on any atom is 0.319 e. The van der Waals surface area contributed by atoms with Gasteiger partial charge in [-0.2, -0.15) is 0 Å². The molecule has 1 aromatic rings. The van der Waals surface area contributed by atoms with Crippen molar-refractivity contribution in [2.75, 3.05) is 12.9 Å². The summed E-state index contributed by atoms with van der Waals surface area (Å²) in [5.41, 5.74) is 0. The predicted octanol–water partition coefficient (Wildman–Crippen LogP) is 0.628. The minimum absolute atomic E-state index is 0.178. The molecule has 0 heterocycles. The summed E-state index contributed by atoms with van der Waals surface area (Å²) in [5, 5.41) is 16.6. The Balaban J connectivity index is 2.85. The second-order valence-corrected chi connectivity index (χ2v) is 6.66. The van der Waals surface area contributed by atoms with Crippen molar-refractivity contribution in [2.24, 2.45) is 0 Å². The number of aliphatic hydroxyl groups is 1. The van der Waals surface area contributed by atoms with Crippen LogP contribution in [0.1, 0.15) is 0 Å². The lowest BCUT2D eigenvalue weighted by Gasteiger charge is -2.08. The molecule has 0 amide bonds. The van der Waals surface area contributed by atoms with Gasteiger partial charge in [0.1, 0.15) is 5.25 Å². The first-order chi connectivity index (χ1) is 7.84. The quantitative estimate of drug-likeness (QED) is 0.766. The zero-order chi connectivity index (χ0) is 13.1. The molecule has 94 valence electrons. The Labute approximate surface area is 103 Å². The second-order valence-electron chi connectivity index (χ2n) is 3.37. The summed E-state index contributed by atoms with van der Waals surface area (Å²) in [6.45, 7) is -0.478. The topological polar surface area (TPSA) is 91.7 Å². The standard InChI is InChI=1S/C10H12O5S2/c1-17(14,15)8-4-2-7(3-5-8)16-9(6-11)10(12)13/h2-5,9,11H,6H2,1H3,(H,12,13). The van der Waals surface area contributed by atoms with Crippen LogP contribution in [0.25, 0.3) is 0 Å². The minimum atomic E-state index is -3.24. The first-order valence-corrected chi connectivity index (χ1v) is 7.42. The SMILES string of the molecule is CS(=O)(=O)c1ccc(SC(CO)C(=O)O)cc1. The van der Waals surface area contributed by atoms with Crippen LogP contribution in [0, 0.1) is 0 Å². The first-order valence-electron chi connectivity index (χ1n) is 4.65. The Bertz CT molecular complexity index is 492. The summed E-state index contributed by atoms with van der Waals surface area (Å²) in [6.07, 6.45) is 1.10. The van der Waals surface area contributed by atoms with Gasteiger partial charge in [0.25, 0.3) is 0 Å². The smallest absolute Gasteiger partial charge is 0.319 e. The predicted molar refractivity (Wildman–Crippen MR) is 63.9 cm³/mol. The van der Waals surface area contributed by atoms with Gasteiger partial charge in [-0.05, 0) is 24.3 Å². The Morgan fingerprint density at radius 1 is 1.35 bits per heavy atom. The molecule has 0 aliphatic heterocycles. The number of thioether (sulfide) groups is 1. The molecule has 0 aliphatic rings. The molecule has 0 aromatic heterocycles. The Morgan fingerprint density at radius 2 is 1.88 bits per heavy atom. The van der Waals surface area contributed by atoms with Crippen molar-refractivity contribution in [3.8, 4) is 0 Å². The van der Waals surface area contributed by atoms with Crippen molar-refractivity contribution in [1.82, 2.24) is 0 Å². The third-order valence-electron chi connectivity index (χ3n) is 1.97. The third kappa shape index (κ3) is 4.03. The van der Waals surface area contributed by atoms with Crippen molar-refractivity contribution in [3.05, 3.63) is 24.3 Å². The van der Waals surface area contributed by atoms with Crippen molar-refractivity contribution >= 4 is 27.6 Å². The van der Waals surface area contributed by atoms with E-state index < -0.39 is 27.7 Å². The highest BCUT2D eigenvalue weighted by atomic mass is 32.2. The molecule has 0 saturated heterocycles. The highest BCUT2D eigenvalue weighted by Gasteiger charge is 2.17. The molecule has 0 radical (unpaired) electrons. The summed E-state index contributed by atoms with van der Waals surface area (Å²) < 4.78 is 22.4. The highest BCUT2D eigenvalue weighted by molar-refractivity contribution is 8.00. The van der Waals surface area contributed by atoms with Crippen LogP contribution in [0.3, 0.4) is 0 Å². The zero-order valence-electron chi connectivity index (χ0n) is 9.03. The van der Waals surface area contributed by atoms with Gasteiger partial charge in [-0.3, -0.25) is 4.79 Å². The molecule has 2 N–H and O–H groups in total. The van der Waals surface area contributed by atoms with Crippen LogP contribution >= 0.6 is 11.8 Å². The molecule has 5 nitrogen and oxygen atoms in total. The van der Waals surface area contributed by atoms with Gasteiger partial charge in [0.15, 0.2) is 9.84 Å². The molecule has 1 atom stereocenters. The number of rotatable bonds is 5. The molecule has 1 aromatic carbocycles. The van der Waals surface area contributed by atoms with E-state index in [0.717, 1.165) is 18.0 Å². The van der Waals surface area contributed by atoms with Gasteiger partial charge >= 0.3 is 5.97 Å². The fraction of sp³-hybridized carbons (Fsp3) is 0.300. The number of benzene rings is 1. The van der Waals surface area contributed by atoms with Gasteiger partial charge in [-0.15, -0.1) is 11.8 Å². The number of aliphatic hydroxyl groups excluding tert-OH is 1. The van der Waals surface area contributed by atoms with Crippen LogP contribution in [0.5, 0.6) is 0 Å². The average Bonchev–Trinajstić information content (AvgIpc) is 2.25. The van der Waals surface area contributed by atoms with E-state index in [1.54, 1.807) is 0 Å². The fourth-order valence-corrected chi connectivity index (χ4v) is 2.52. The molecule has 0 bridgehead atoms. The van der Waals surface area contributed by atoms with E-state index in [9.17, 15) is 13.2 Å². The minimum Gasteiger partial charge on any atom is -0.480 e. The maximum atomic E-state index is 11.2. The summed E-state index contributed by atoms with van der Waals surface area (Å²) in [5.74, 6) is -1.11. The Morgan fingerprint density at radius 3 is 2.24 bits per heavy atom. The summed E-state index contributed by atoms with van der Waals surface area (Å²) >= 11 is 0.972. The van der Waals surface area contributed by atoms with E-state index in [0.29, 0.717) is 4.90 Å². The lowest BCUT2D eigenvalue weighted by Crippen LogP contribution is -2.20. The number of aliphatic carboxylic acids is 1. The van der Waals surface area contributed by atoms with E-state index in [-0.39, 0.29) is 4.90 Å². The number of carbonyl (C=O) groups is 1. The second kappa shape index (κ2) is 5.52. The van der Waals surface area contributed by atoms with Crippen molar-refractivity contribution in [2.45, 2.75) is 15.0 Å². The Kier molecular flexibility index (Phi) is 4.55. The molecule has 17 heavy (non-hydrogen) atoms. The van der Waals surface area contributed by atoms with E-state index in [1.807, 2.05) is 0 Å². The molecule has 0 fully saturated rings. The number of sulfone groups is 1. The van der Waals surface area contributed by atoms with Gasteiger partial charge in [-0.25, -0.2) is 8.42 Å². The summed E-state index contributed by atoms with van der Waals surface area (Å²) in [7, 11) is -3.24. The van der Waals surface area contributed by atoms with E-state index in [2.05, 4.69) is 0 Å². The van der Waals surface area contributed by atoms with Gasteiger partial charge in [0.2, 0.25) is 0 Å². The first kappa shape index (κ1) is 14.0. The fourth-order valence-electron chi connectivity index (χ4n) is 1.10. The van der Waals surface area contributed by atoms with Crippen molar-refractivity contribution < 1.29 is 23.4 Å². The lowest BCUT2D eigenvalue weighted by molar-refractivity contribution is -0.137. The van der Waals surface area contributed by atoms with Crippen LogP contribution in [0.15, 0.2) is 34.1 Å². The van der Waals surface area contributed by atoms with Gasteiger partial charge in [0, 0.05) is 11.2 Å². The summed E-state index contributed by atoms with van der Waals surface area (Å²) in [4.78, 5) is 11.5. The molecule has 1 unspecified atom stereocenters. The van der Waals surface area contributed by atoms with Gasteiger partial charge in [-0.1, -0.05) is 0 Å². The van der Waals surface area contributed by atoms with Crippen molar-refractivity contribution in [1.29, 1.82) is 0 Å². The third-order valence-corrected chi connectivity index (χ3v) is 4.28. The van der Waals surface area contributed by atoms with E-state index in [4.69, 9.17) is 10.2 Å². The molecule has 1 rings (SSSR count).